The van der Waals surface area contributed by atoms with Crippen LogP contribution in [0.25, 0.3) is 0 Å². The van der Waals surface area contributed by atoms with E-state index in [4.69, 9.17) is 10.5 Å². The zero-order chi connectivity index (χ0) is 16.5. The molecule has 0 aliphatic carbocycles. The molecule has 1 amide bonds. The van der Waals surface area contributed by atoms with Gasteiger partial charge in [-0.1, -0.05) is 26.5 Å². The SMILES string of the molecule is C=C/C(CCC(C)CN)=C(\CC)CNC(=O)OC(C)(C)C. The van der Waals surface area contributed by atoms with Crippen LogP contribution in [0.3, 0.4) is 0 Å². The molecular formula is C17H32N2O2. The zero-order valence-corrected chi connectivity index (χ0v) is 14.3. The number of ether oxygens (including phenoxy) is 1. The van der Waals surface area contributed by atoms with Crippen LogP contribution in [-0.2, 0) is 4.74 Å². The molecule has 21 heavy (non-hydrogen) atoms. The Bertz CT molecular complexity index is 367. The van der Waals surface area contributed by atoms with E-state index in [0.29, 0.717) is 19.0 Å². The van der Waals surface area contributed by atoms with E-state index in [1.165, 1.54) is 11.1 Å². The first-order valence-electron chi connectivity index (χ1n) is 7.73. The summed E-state index contributed by atoms with van der Waals surface area (Å²) >= 11 is 0. The zero-order valence-electron chi connectivity index (χ0n) is 14.3. The van der Waals surface area contributed by atoms with Crippen molar-refractivity contribution in [3.05, 3.63) is 23.8 Å². The molecule has 4 nitrogen and oxygen atoms in total. The van der Waals surface area contributed by atoms with Gasteiger partial charge in [-0.05, 0) is 63.6 Å². The number of nitrogens with two attached hydrogens (primary N) is 1. The van der Waals surface area contributed by atoms with Crippen LogP contribution < -0.4 is 11.1 Å². The monoisotopic (exact) mass is 296 g/mol. The smallest absolute Gasteiger partial charge is 0.407 e. The molecule has 0 aromatic heterocycles. The third-order valence-electron chi connectivity index (χ3n) is 3.28. The Morgan fingerprint density at radius 2 is 2.05 bits per heavy atom. The number of hydrogen-bond donors (Lipinski definition) is 2. The normalized spacial score (nSPS) is 14.2. The third-order valence-corrected chi connectivity index (χ3v) is 3.28. The minimum atomic E-state index is -0.474. The van der Waals surface area contributed by atoms with E-state index in [0.717, 1.165) is 19.3 Å². The number of alkyl carbamates (subject to hydrolysis) is 1. The molecule has 1 atom stereocenters. The highest BCUT2D eigenvalue weighted by atomic mass is 16.6. The highest BCUT2D eigenvalue weighted by Gasteiger charge is 2.16. The fraction of sp³-hybridized carbons (Fsp3) is 0.706. The second kappa shape index (κ2) is 9.61. The third kappa shape index (κ3) is 9.29. The lowest BCUT2D eigenvalue weighted by molar-refractivity contribution is 0.0532. The number of hydrogen-bond acceptors (Lipinski definition) is 3. The molecular weight excluding hydrogens is 264 g/mol. The van der Waals surface area contributed by atoms with E-state index >= 15 is 0 Å². The summed E-state index contributed by atoms with van der Waals surface area (Å²) in [7, 11) is 0. The van der Waals surface area contributed by atoms with Crippen molar-refractivity contribution in [2.45, 2.75) is 59.5 Å². The van der Waals surface area contributed by atoms with Crippen LogP contribution in [-0.4, -0.2) is 24.8 Å². The minimum absolute atomic E-state index is 0.382. The number of nitrogens with one attached hydrogen (secondary N) is 1. The van der Waals surface area contributed by atoms with E-state index in [1.54, 1.807) is 0 Å². The molecule has 0 aliphatic heterocycles. The molecule has 4 heteroatoms. The average molecular weight is 296 g/mol. The molecule has 0 saturated heterocycles. The van der Waals surface area contributed by atoms with Crippen LogP contribution in [0.1, 0.15) is 53.9 Å². The lowest BCUT2D eigenvalue weighted by atomic mass is 9.96. The van der Waals surface area contributed by atoms with Crippen molar-refractivity contribution in [1.29, 1.82) is 0 Å². The van der Waals surface area contributed by atoms with Crippen molar-refractivity contribution in [3.8, 4) is 0 Å². The summed E-state index contributed by atoms with van der Waals surface area (Å²) in [5.41, 5.74) is 7.57. The molecule has 1 unspecified atom stereocenters. The van der Waals surface area contributed by atoms with E-state index in [-0.39, 0.29) is 6.09 Å². The molecule has 122 valence electrons. The maximum absolute atomic E-state index is 11.7. The molecule has 0 spiro atoms. The first-order chi connectivity index (χ1) is 9.73. The van der Waals surface area contributed by atoms with Gasteiger partial charge in [0.1, 0.15) is 5.60 Å². The first kappa shape index (κ1) is 19.7. The number of carbonyl (C=O) groups is 1. The van der Waals surface area contributed by atoms with E-state index < -0.39 is 5.60 Å². The maximum atomic E-state index is 11.7. The van der Waals surface area contributed by atoms with Crippen molar-refractivity contribution in [1.82, 2.24) is 5.32 Å². The van der Waals surface area contributed by atoms with Gasteiger partial charge in [0.15, 0.2) is 0 Å². The molecule has 0 aromatic carbocycles. The summed E-state index contributed by atoms with van der Waals surface area (Å²) in [5, 5.41) is 2.82. The molecule has 0 radical (unpaired) electrons. The number of rotatable bonds is 8. The first-order valence-corrected chi connectivity index (χ1v) is 7.73. The Balaban J connectivity index is 4.59. The van der Waals surface area contributed by atoms with Crippen LogP contribution in [0, 0.1) is 5.92 Å². The van der Waals surface area contributed by atoms with Crippen molar-refractivity contribution in [2.75, 3.05) is 13.1 Å². The maximum Gasteiger partial charge on any atom is 0.407 e. The highest BCUT2D eigenvalue weighted by molar-refractivity contribution is 5.68. The molecule has 3 N–H and O–H groups in total. The standard InChI is InChI=1S/C17H32N2O2/c1-7-14(10-9-13(3)11-18)15(8-2)12-19-16(20)21-17(4,5)6/h7,13H,1,8-12,18H2,2-6H3,(H,19,20)/b15-14-. The van der Waals surface area contributed by atoms with Gasteiger partial charge in [-0.25, -0.2) is 4.79 Å². The van der Waals surface area contributed by atoms with Gasteiger partial charge in [0.25, 0.3) is 0 Å². The molecule has 0 fully saturated rings. The van der Waals surface area contributed by atoms with E-state index in [9.17, 15) is 4.79 Å². The van der Waals surface area contributed by atoms with Crippen molar-refractivity contribution in [3.63, 3.8) is 0 Å². The second-order valence-corrected chi connectivity index (χ2v) is 6.42. The summed E-state index contributed by atoms with van der Waals surface area (Å²) in [6, 6.07) is 0. The average Bonchev–Trinajstić information content (AvgIpc) is 2.39. The molecule has 0 saturated carbocycles. The van der Waals surface area contributed by atoms with Gasteiger partial charge in [-0.2, -0.15) is 0 Å². The Morgan fingerprint density at radius 3 is 2.48 bits per heavy atom. The van der Waals surface area contributed by atoms with Gasteiger partial charge >= 0.3 is 6.09 Å². The lowest BCUT2D eigenvalue weighted by Crippen LogP contribution is -2.33. The number of amides is 1. The Kier molecular flexibility index (Phi) is 9.02. The lowest BCUT2D eigenvalue weighted by Gasteiger charge is -2.20. The molecule has 0 aromatic rings. The predicted octanol–water partition coefficient (Wildman–Crippen LogP) is 3.78. The molecule has 0 heterocycles. The number of allylic oxidation sites excluding steroid dienone is 2. The summed E-state index contributed by atoms with van der Waals surface area (Å²) < 4.78 is 5.25. The highest BCUT2D eigenvalue weighted by Crippen LogP contribution is 2.18. The largest absolute Gasteiger partial charge is 0.444 e. The van der Waals surface area contributed by atoms with Gasteiger partial charge in [-0.3, -0.25) is 0 Å². The van der Waals surface area contributed by atoms with Gasteiger partial charge in [0, 0.05) is 6.54 Å². The summed E-state index contributed by atoms with van der Waals surface area (Å²) in [6.07, 6.45) is 4.37. The molecule has 0 rings (SSSR count). The van der Waals surface area contributed by atoms with Crippen LogP contribution in [0.5, 0.6) is 0 Å². The summed E-state index contributed by atoms with van der Waals surface area (Å²) in [5.74, 6) is 0.497. The summed E-state index contributed by atoms with van der Waals surface area (Å²) in [4.78, 5) is 11.7. The van der Waals surface area contributed by atoms with Gasteiger partial charge in [-0.15, -0.1) is 0 Å². The van der Waals surface area contributed by atoms with Crippen molar-refractivity contribution < 1.29 is 9.53 Å². The van der Waals surface area contributed by atoms with Gasteiger partial charge < -0.3 is 15.8 Å². The molecule has 0 bridgehead atoms. The quantitative estimate of drug-likeness (QED) is 0.670. The fourth-order valence-electron chi connectivity index (χ4n) is 1.90. The Morgan fingerprint density at radius 1 is 1.43 bits per heavy atom. The van der Waals surface area contributed by atoms with Gasteiger partial charge in [0.05, 0.1) is 0 Å². The van der Waals surface area contributed by atoms with Crippen LogP contribution >= 0.6 is 0 Å². The Labute approximate surface area is 129 Å². The van der Waals surface area contributed by atoms with Crippen molar-refractivity contribution in [2.24, 2.45) is 11.7 Å². The Hall–Kier alpha value is -1.29. The summed E-state index contributed by atoms with van der Waals surface area (Å²) in [6.45, 7) is 14.9. The van der Waals surface area contributed by atoms with Crippen LogP contribution in [0.15, 0.2) is 23.8 Å². The van der Waals surface area contributed by atoms with Crippen LogP contribution in [0.4, 0.5) is 4.79 Å². The van der Waals surface area contributed by atoms with Crippen molar-refractivity contribution >= 4 is 6.09 Å². The predicted molar refractivity (Wildman–Crippen MR) is 89.2 cm³/mol. The topological polar surface area (TPSA) is 64.3 Å². The van der Waals surface area contributed by atoms with E-state index in [2.05, 4.69) is 25.7 Å². The second-order valence-electron chi connectivity index (χ2n) is 6.42. The van der Waals surface area contributed by atoms with E-state index in [1.807, 2.05) is 26.8 Å². The molecule has 0 aliphatic rings. The number of carbonyl (C=O) groups excluding carboxylic acids is 1. The minimum Gasteiger partial charge on any atom is -0.444 e. The fourth-order valence-corrected chi connectivity index (χ4v) is 1.90. The van der Waals surface area contributed by atoms with Crippen LogP contribution in [0.2, 0.25) is 0 Å². The van der Waals surface area contributed by atoms with Gasteiger partial charge in [0.2, 0.25) is 0 Å².